The number of furan rings is 2. The van der Waals surface area contributed by atoms with Crippen molar-refractivity contribution in [3.8, 4) is 11.3 Å². The molecule has 0 N–H and O–H groups in total. The summed E-state index contributed by atoms with van der Waals surface area (Å²) in [6.07, 6.45) is 1.74. The lowest BCUT2D eigenvalue weighted by atomic mass is 10.1. The van der Waals surface area contributed by atoms with Crippen LogP contribution in [-0.4, -0.2) is 32.5 Å². The Morgan fingerprint density at radius 1 is 0.931 bits per heavy atom. The van der Waals surface area contributed by atoms with Crippen molar-refractivity contribution in [1.82, 2.24) is 0 Å². The number of anilines is 1. The van der Waals surface area contributed by atoms with Gasteiger partial charge in [-0.1, -0.05) is 18.2 Å². The molecule has 0 aliphatic carbocycles. The highest BCUT2D eigenvalue weighted by Gasteiger charge is 2.18. The van der Waals surface area contributed by atoms with Crippen LogP contribution in [-0.2, 0) is 4.74 Å². The van der Waals surface area contributed by atoms with Gasteiger partial charge in [-0.3, -0.25) is 4.99 Å². The second-order valence-corrected chi connectivity index (χ2v) is 7.71. The Morgan fingerprint density at radius 2 is 1.72 bits per heavy atom. The Labute approximate surface area is 176 Å². The molecule has 0 spiro atoms. The number of aliphatic imine (C=N–C) groups is 1. The number of benzene rings is 2. The van der Waals surface area contributed by atoms with Crippen molar-refractivity contribution in [2.45, 2.75) is 0 Å². The highest BCUT2D eigenvalue weighted by Crippen LogP contribution is 2.31. The summed E-state index contributed by atoms with van der Waals surface area (Å²) < 4.78 is 18.2. The SMILES string of the molecule is Brc1cc(C=Nc2ccc(-c3cc4ccccc4o3)cc2)oc1N1CCOCC1. The summed E-state index contributed by atoms with van der Waals surface area (Å²) in [6.45, 7) is 3.08. The molecule has 0 bridgehead atoms. The molecule has 0 saturated carbocycles. The molecule has 2 aromatic heterocycles. The van der Waals surface area contributed by atoms with Gasteiger partial charge < -0.3 is 18.5 Å². The lowest BCUT2D eigenvalue weighted by molar-refractivity contribution is 0.120. The number of fused-ring (bicyclic) bond motifs is 1. The van der Waals surface area contributed by atoms with Crippen molar-refractivity contribution in [3.05, 3.63) is 70.9 Å². The Kier molecular flexibility index (Phi) is 4.96. The minimum atomic E-state index is 0.708. The first-order valence-electron chi connectivity index (χ1n) is 9.51. The average Bonchev–Trinajstić information content (AvgIpc) is 3.36. The van der Waals surface area contributed by atoms with Crippen molar-refractivity contribution in [3.63, 3.8) is 0 Å². The molecule has 5 rings (SSSR count). The van der Waals surface area contributed by atoms with E-state index in [2.05, 4.69) is 31.9 Å². The quantitative estimate of drug-likeness (QED) is 0.355. The second kappa shape index (κ2) is 7.89. The van der Waals surface area contributed by atoms with E-state index in [1.165, 1.54) is 0 Å². The number of morpholine rings is 1. The standard InChI is InChI=1S/C23H19BrN2O3/c24-20-14-19(28-23(20)26-9-11-27-12-10-26)15-25-18-7-5-16(6-8-18)22-13-17-3-1-2-4-21(17)29-22/h1-8,13-15H,9-12H2. The number of para-hydroxylation sites is 1. The van der Waals surface area contributed by atoms with Gasteiger partial charge in [-0.15, -0.1) is 0 Å². The Morgan fingerprint density at radius 3 is 2.52 bits per heavy atom. The van der Waals surface area contributed by atoms with E-state index in [0.29, 0.717) is 19.0 Å². The number of ether oxygens (including phenoxy) is 1. The summed E-state index contributed by atoms with van der Waals surface area (Å²) in [6, 6.07) is 20.0. The van der Waals surface area contributed by atoms with E-state index in [-0.39, 0.29) is 0 Å². The van der Waals surface area contributed by atoms with Crippen LogP contribution in [0.5, 0.6) is 0 Å². The Balaban J connectivity index is 1.32. The second-order valence-electron chi connectivity index (χ2n) is 6.85. The van der Waals surface area contributed by atoms with Crippen molar-refractivity contribution in [1.29, 1.82) is 0 Å². The fourth-order valence-corrected chi connectivity index (χ4v) is 3.95. The van der Waals surface area contributed by atoms with Gasteiger partial charge in [-0.25, -0.2) is 0 Å². The molecule has 5 nitrogen and oxygen atoms in total. The maximum atomic E-state index is 5.96. The lowest BCUT2D eigenvalue weighted by Gasteiger charge is -2.26. The fourth-order valence-electron chi connectivity index (χ4n) is 3.40. The smallest absolute Gasteiger partial charge is 0.210 e. The van der Waals surface area contributed by atoms with Gasteiger partial charge in [0.2, 0.25) is 5.88 Å². The largest absolute Gasteiger partial charge is 0.456 e. The van der Waals surface area contributed by atoms with Gasteiger partial charge in [0, 0.05) is 30.1 Å². The summed E-state index contributed by atoms with van der Waals surface area (Å²) in [7, 11) is 0. The van der Waals surface area contributed by atoms with Crippen LogP contribution in [0, 0.1) is 0 Å². The normalized spacial score (nSPS) is 14.9. The summed E-state index contributed by atoms with van der Waals surface area (Å²) in [5, 5.41) is 1.10. The molecule has 2 aromatic carbocycles. The van der Waals surface area contributed by atoms with Crippen molar-refractivity contribution in [2.75, 3.05) is 31.2 Å². The van der Waals surface area contributed by atoms with Gasteiger partial charge in [0.15, 0.2) is 0 Å². The van der Waals surface area contributed by atoms with Gasteiger partial charge in [0.25, 0.3) is 0 Å². The average molecular weight is 451 g/mol. The van der Waals surface area contributed by atoms with Gasteiger partial charge in [0.1, 0.15) is 17.1 Å². The van der Waals surface area contributed by atoms with Crippen LogP contribution < -0.4 is 4.90 Å². The van der Waals surface area contributed by atoms with E-state index in [1.807, 2.05) is 54.6 Å². The first-order chi connectivity index (χ1) is 14.3. The first kappa shape index (κ1) is 18.2. The van der Waals surface area contributed by atoms with E-state index in [1.54, 1.807) is 6.21 Å². The van der Waals surface area contributed by atoms with Crippen LogP contribution >= 0.6 is 15.9 Å². The summed E-state index contributed by atoms with van der Waals surface area (Å²) in [4.78, 5) is 6.71. The number of rotatable bonds is 4. The van der Waals surface area contributed by atoms with Crippen molar-refractivity contribution >= 4 is 44.7 Å². The van der Waals surface area contributed by atoms with E-state index in [0.717, 1.165) is 51.4 Å². The third kappa shape index (κ3) is 3.86. The van der Waals surface area contributed by atoms with E-state index < -0.39 is 0 Å². The van der Waals surface area contributed by atoms with Gasteiger partial charge >= 0.3 is 0 Å². The molecule has 29 heavy (non-hydrogen) atoms. The first-order valence-corrected chi connectivity index (χ1v) is 10.3. The monoisotopic (exact) mass is 450 g/mol. The maximum absolute atomic E-state index is 5.96. The lowest BCUT2D eigenvalue weighted by Crippen LogP contribution is -2.36. The topological polar surface area (TPSA) is 51.1 Å². The predicted molar refractivity (Wildman–Crippen MR) is 118 cm³/mol. The molecule has 3 heterocycles. The third-order valence-corrected chi connectivity index (χ3v) is 5.47. The van der Waals surface area contributed by atoms with Crippen molar-refractivity contribution in [2.24, 2.45) is 4.99 Å². The molecule has 1 aliphatic rings. The highest BCUT2D eigenvalue weighted by atomic mass is 79.9. The van der Waals surface area contributed by atoms with Crippen LogP contribution in [0.1, 0.15) is 5.76 Å². The van der Waals surface area contributed by atoms with Crippen LogP contribution in [0.25, 0.3) is 22.3 Å². The molecule has 0 atom stereocenters. The number of hydrogen-bond donors (Lipinski definition) is 0. The molecule has 1 fully saturated rings. The van der Waals surface area contributed by atoms with Crippen LogP contribution in [0.2, 0.25) is 0 Å². The summed E-state index contributed by atoms with van der Waals surface area (Å²) in [5.74, 6) is 2.39. The summed E-state index contributed by atoms with van der Waals surface area (Å²) >= 11 is 3.58. The van der Waals surface area contributed by atoms with Gasteiger partial charge in [-0.05, 0) is 52.3 Å². The zero-order chi connectivity index (χ0) is 19.6. The van der Waals surface area contributed by atoms with Gasteiger partial charge in [-0.2, -0.15) is 0 Å². The van der Waals surface area contributed by atoms with Crippen LogP contribution in [0.4, 0.5) is 11.6 Å². The van der Waals surface area contributed by atoms with Gasteiger partial charge in [0.05, 0.1) is 29.6 Å². The molecule has 146 valence electrons. The number of hydrogen-bond acceptors (Lipinski definition) is 5. The van der Waals surface area contributed by atoms with E-state index >= 15 is 0 Å². The minimum Gasteiger partial charge on any atom is -0.456 e. The molecule has 6 heteroatoms. The van der Waals surface area contributed by atoms with Crippen LogP contribution in [0.3, 0.4) is 0 Å². The Hall–Kier alpha value is -2.83. The third-order valence-electron chi connectivity index (χ3n) is 4.90. The van der Waals surface area contributed by atoms with Crippen LogP contribution in [0.15, 0.2) is 79.0 Å². The fraction of sp³-hybridized carbons (Fsp3) is 0.174. The molecule has 1 saturated heterocycles. The zero-order valence-corrected chi connectivity index (χ0v) is 17.3. The molecule has 0 unspecified atom stereocenters. The number of halogens is 1. The number of nitrogens with zero attached hydrogens (tertiary/aromatic N) is 2. The molecule has 1 aliphatic heterocycles. The van der Waals surface area contributed by atoms with E-state index in [9.17, 15) is 0 Å². The molecular formula is C23H19BrN2O3. The molecule has 0 radical (unpaired) electrons. The minimum absolute atomic E-state index is 0.708. The molecular weight excluding hydrogens is 432 g/mol. The van der Waals surface area contributed by atoms with E-state index in [4.69, 9.17) is 13.6 Å². The summed E-state index contributed by atoms with van der Waals surface area (Å²) in [5.41, 5.74) is 2.77. The molecule has 4 aromatic rings. The zero-order valence-electron chi connectivity index (χ0n) is 15.7. The van der Waals surface area contributed by atoms with Crippen molar-refractivity contribution < 1.29 is 13.6 Å². The predicted octanol–water partition coefficient (Wildman–Crippen LogP) is 6.04. The Bertz CT molecular complexity index is 1120. The maximum Gasteiger partial charge on any atom is 0.210 e. The molecule has 0 amide bonds. The highest BCUT2D eigenvalue weighted by molar-refractivity contribution is 9.10.